The number of amides is 1. The Hall–Kier alpha value is -1.72. The van der Waals surface area contributed by atoms with Crippen LogP contribution < -0.4 is 0 Å². The van der Waals surface area contributed by atoms with Crippen LogP contribution in [-0.2, 0) is 6.42 Å². The number of nitrogens with zero attached hydrogens (tertiary/aromatic N) is 2. The first kappa shape index (κ1) is 15.2. The van der Waals surface area contributed by atoms with Gasteiger partial charge in [0, 0.05) is 17.8 Å². The number of aliphatic hydroxyl groups is 1. The van der Waals surface area contributed by atoms with E-state index >= 15 is 0 Å². The van der Waals surface area contributed by atoms with E-state index < -0.39 is 0 Å². The highest BCUT2D eigenvalue weighted by Crippen LogP contribution is 2.31. The first-order valence-electron chi connectivity index (χ1n) is 7.57. The van der Waals surface area contributed by atoms with Crippen LogP contribution in [0.5, 0.6) is 0 Å². The molecule has 2 aromatic rings. The molecule has 1 aliphatic rings. The number of thiazole rings is 1. The van der Waals surface area contributed by atoms with Gasteiger partial charge in [-0.15, -0.1) is 11.3 Å². The van der Waals surface area contributed by atoms with E-state index in [4.69, 9.17) is 0 Å². The first-order chi connectivity index (χ1) is 10.6. The minimum absolute atomic E-state index is 0.0655. The second-order valence-electron chi connectivity index (χ2n) is 5.87. The third-order valence-electron chi connectivity index (χ3n) is 4.08. The molecular formula is C17H20N2O2S. The molecule has 0 radical (unpaired) electrons. The molecular weight excluding hydrogens is 296 g/mol. The Labute approximate surface area is 134 Å². The molecule has 0 aliphatic carbocycles. The zero-order valence-electron chi connectivity index (χ0n) is 12.8. The van der Waals surface area contributed by atoms with E-state index in [9.17, 15) is 9.90 Å². The quantitative estimate of drug-likeness (QED) is 0.947. The molecule has 0 saturated heterocycles. The smallest absolute Gasteiger partial charge is 0.273 e. The molecule has 22 heavy (non-hydrogen) atoms. The number of hydrogen-bond donors (Lipinski definition) is 1. The van der Waals surface area contributed by atoms with Gasteiger partial charge in [0.05, 0.1) is 17.7 Å². The topological polar surface area (TPSA) is 53.4 Å². The van der Waals surface area contributed by atoms with Crippen molar-refractivity contribution in [1.82, 2.24) is 9.88 Å². The van der Waals surface area contributed by atoms with Crippen molar-refractivity contribution in [3.63, 3.8) is 0 Å². The summed E-state index contributed by atoms with van der Waals surface area (Å²) in [5.41, 5.74) is 2.75. The molecule has 0 saturated carbocycles. The molecule has 1 atom stereocenters. The number of benzene rings is 1. The summed E-state index contributed by atoms with van der Waals surface area (Å²) in [7, 11) is 0. The summed E-state index contributed by atoms with van der Waals surface area (Å²) in [4.78, 5) is 19.0. The Morgan fingerprint density at radius 2 is 2.23 bits per heavy atom. The maximum Gasteiger partial charge on any atom is 0.273 e. The lowest BCUT2D eigenvalue weighted by molar-refractivity contribution is 0.0563. The van der Waals surface area contributed by atoms with E-state index in [0.29, 0.717) is 18.2 Å². The standard InChI is InChI=1S/C17H20N2O2S/c1-11(2)16-18-14(10-22-16)17(21)19-8-7-12-5-3-4-6-13(12)15(19)9-20/h3-6,10-11,15,20H,7-9H2,1-2H3/t15-/m0/s1. The van der Waals surface area contributed by atoms with Crippen LogP contribution in [-0.4, -0.2) is 34.0 Å². The van der Waals surface area contributed by atoms with E-state index in [-0.39, 0.29) is 18.6 Å². The van der Waals surface area contributed by atoms with Crippen LogP contribution >= 0.6 is 11.3 Å². The van der Waals surface area contributed by atoms with Crippen LogP contribution in [0.2, 0.25) is 0 Å². The second kappa shape index (κ2) is 6.18. The molecule has 1 aromatic carbocycles. The van der Waals surface area contributed by atoms with E-state index in [2.05, 4.69) is 24.9 Å². The molecule has 116 valence electrons. The summed E-state index contributed by atoms with van der Waals surface area (Å²) in [5, 5.41) is 12.6. The molecule has 2 heterocycles. The number of aromatic nitrogens is 1. The number of carbonyl (C=O) groups is 1. The van der Waals surface area contributed by atoms with Gasteiger partial charge in [0.15, 0.2) is 0 Å². The van der Waals surface area contributed by atoms with Crippen molar-refractivity contribution in [2.75, 3.05) is 13.2 Å². The Morgan fingerprint density at radius 3 is 2.91 bits per heavy atom. The molecule has 4 nitrogen and oxygen atoms in total. The van der Waals surface area contributed by atoms with Crippen LogP contribution in [0, 0.1) is 0 Å². The maximum absolute atomic E-state index is 12.8. The van der Waals surface area contributed by atoms with E-state index in [1.54, 1.807) is 4.90 Å². The number of carbonyl (C=O) groups excluding carboxylic acids is 1. The minimum atomic E-state index is -0.276. The lowest BCUT2D eigenvalue weighted by atomic mass is 9.93. The fourth-order valence-corrected chi connectivity index (χ4v) is 3.70. The minimum Gasteiger partial charge on any atom is -0.394 e. The molecule has 1 aliphatic heterocycles. The highest BCUT2D eigenvalue weighted by molar-refractivity contribution is 7.09. The van der Waals surface area contributed by atoms with Crippen LogP contribution in [0.25, 0.3) is 0 Å². The average Bonchev–Trinajstić information content (AvgIpc) is 3.03. The summed E-state index contributed by atoms with van der Waals surface area (Å²) in [5.74, 6) is 0.235. The third kappa shape index (κ3) is 2.66. The molecule has 0 unspecified atom stereocenters. The second-order valence-corrected chi connectivity index (χ2v) is 6.76. The summed E-state index contributed by atoms with van der Waals surface area (Å²) >= 11 is 1.52. The fourth-order valence-electron chi connectivity index (χ4n) is 2.89. The van der Waals surface area contributed by atoms with Gasteiger partial charge < -0.3 is 10.0 Å². The van der Waals surface area contributed by atoms with Crippen molar-refractivity contribution in [2.24, 2.45) is 0 Å². The van der Waals surface area contributed by atoms with Gasteiger partial charge >= 0.3 is 0 Å². The van der Waals surface area contributed by atoms with Crippen molar-refractivity contribution in [3.05, 3.63) is 51.5 Å². The predicted octanol–water partition coefficient (Wildman–Crippen LogP) is 3.00. The molecule has 5 heteroatoms. The third-order valence-corrected chi connectivity index (χ3v) is 5.23. The summed E-state index contributed by atoms with van der Waals surface area (Å²) in [6, 6.07) is 7.74. The van der Waals surface area contributed by atoms with Gasteiger partial charge in [-0.25, -0.2) is 4.98 Å². The average molecular weight is 316 g/mol. The van der Waals surface area contributed by atoms with E-state index in [1.165, 1.54) is 16.9 Å². The van der Waals surface area contributed by atoms with Crippen LogP contribution in [0.3, 0.4) is 0 Å². The monoisotopic (exact) mass is 316 g/mol. The van der Waals surface area contributed by atoms with E-state index in [1.807, 2.05) is 23.6 Å². The normalized spacial score (nSPS) is 17.6. The molecule has 0 spiro atoms. The summed E-state index contributed by atoms with van der Waals surface area (Å²) in [6.07, 6.45) is 0.819. The molecule has 0 bridgehead atoms. The highest BCUT2D eigenvalue weighted by atomic mass is 32.1. The molecule has 1 amide bonds. The van der Waals surface area contributed by atoms with Crippen LogP contribution in [0.4, 0.5) is 0 Å². The lowest BCUT2D eigenvalue weighted by Crippen LogP contribution is -2.41. The predicted molar refractivity (Wildman–Crippen MR) is 87.2 cm³/mol. The molecule has 0 fully saturated rings. The maximum atomic E-state index is 12.8. The Balaban J connectivity index is 1.89. The SMILES string of the molecule is CC(C)c1nc(C(=O)N2CCc3ccccc3[C@@H]2CO)cs1. The molecule has 3 rings (SSSR count). The lowest BCUT2D eigenvalue weighted by Gasteiger charge is -2.36. The number of hydrogen-bond acceptors (Lipinski definition) is 4. The fraction of sp³-hybridized carbons (Fsp3) is 0.412. The van der Waals surface area contributed by atoms with E-state index in [0.717, 1.165) is 17.0 Å². The Kier molecular flexibility index (Phi) is 4.27. The van der Waals surface area contributed by atoms with Crippen molar-refractivity contribution in [1.29, 1.82) is 0 Å². The Bertz CT molecular complexity index is 681. The van der Waals surface area contributed by atoms with Crippen molar-refractivity contribution >= 4 is 17.2 Å². The van der Waals surface area contributed by atoms with Crippen molar-refractivity contribution in [3.8, 4) is 0 Å². The number of aliphatic hydroxyl groups excluding tert-OH is 1. The zero-order chi connectivity index (χ0) is 15.7. The number of fused-ring (bicyclic) bond motifs is 1. The zero-order valence-corrected chi connectivity index (χ0v) is 13.6. The molecule has 1 aromatic heterocycles. The Morgan fingerprint density at radius 1 is 1.45 bits per heavy atom. The van der Waals surface area contributed by atoms with Crippen LogP contribution in [0.15, 0.2) is 29.6 Å². The molecule has 1 N–H and O–H groups in total. The first-order valence-corrected chi connectivity index (χ1v) is 8.44. The summed E-state index contributed by atoms with van der Waals surface area (Å²) < 4.78 is 0. The number of rotatable bonds is 3. The largest absolute Gasteiger partial charge is 0.394 e. The van der Waals surface area contributed by atoms with Crippen molar-refractivity contribution in [2.45, 2.75) is 32.2 Å². The van der Waals surface area contributed by atoms with Gasteiger partial charge in [0.1, 0.15) is 5.69 Å². The van der Waals surface area contributed by atoms with Gasteiger partial charge in [0.25, 0.3) is 5.91 Å². The highest BCUT2D eigenvalue weighted by Gasteiger charge is 2.31. The van der Waals surface area contributed by atoms with Crippen LogP contribution in [0.1, 0.15) is 52.4 Å². The van der Waals surface area contributed by atoms with Gasteiger partial charge in [0.2, 0.25) is 0 Å². The van der Waals surface area contributed by atoms with Gasteiger partial charge in [-0.2, -0.15) is 0 Å². The summed E-state index contributed by atoms with van der Waals surface area (Å²) in [6.45, 7) is 4.70. The van der Waals surface area contributed by atoms with Gasteiger partial charge in [-0.1, -0.05) is 38.1 Å². The van der Waals surface area contributed by atoms with Gasteiger partial charge in [-0.3, -0.25) is 4.79 Å². The van der Waals surface area contributed by atoms with Gasteiger partial charge in [-0.05, 0) is 17.5 Å². The van der Waals surface area contributed by atoms with Crippen molar-refractivity contribution < 1.29 is 9.90 Å².